The molecule has 0 saturated heterocycles. The van der Waals surface area contributed by atoms with Crippen LogP contribution in [0.15, 0.2) is 194 Å². The van der Waals surface area contributed by atoms with Crippen LogP contribution in [-0.4, -0.2) is 0 Å². The molecule has 0 saturated carbocycles. The van der Waals surface area contributed by atoms with Crippen molar-refractivity contribution < 1.29 is 0 Å². The van der Waals surface area contributed by atoms with E-state index in [2.05, 4.69) is 232 Å². The van der Waals surface area contributed by atoms with Crippen LogP contribution in [0.5, 0.6) is 0 Å². The molecule has 1 aliphatic heterocycles. The van der Waals surface area contributed by atoms with E-state index in [0.29, 0.717) is 0 Å². The van der Waals surface area contributed by atoms with E-state index in [1.54, 1.807) is 0 Å². The lowest BCUT2D eigenvalue weighted by atomic mass is 9.72. The summed E-state index contributed by atoms with van der Waals surface area (Å²) in [6.45, 7) is 9.52. The third-order valence-corrected chi connectivity index (χ3v) is 12.2. The zero-order chi connectivity index (χ0) is 38.0. The Morgan fingerprint density at radius 1 is 0.339 bits per heavy atom. The summed E-state index contributed by atoms with van der Waals surface area (Å²) in [7, 11) is 0. The van der Waals surface area contributed by atoms with E-state index in [0.717, 1.165) is 17.1 Å². The maximum Gasteiger partial charge on any atom is 0.0503 e. The van der Waals surface area contributed by atoms with Crippen molar-refractivity contribution in [2.24, 2.45) is 0 Å². The normalized spacial score (nSPS) is 14.3. The molecule has 2 aliphatic rings. The van der Waals surface area contributed by atoms with Crippen LogP contribution >= 0.6 is 0 Å². The minimum atomic E-state index is -0.258. The fraction of sp³-hybridized carbons (Fsp3) is 0.111. The SMILES string of the molecule is CC1(C)c2ccccc2-c2ccc(N3c4ccc(-c5ccccc5)cc4C(C)(C)c4cc(-c5ccc(N(c6ccccc6)c6ccccc6)cc5)ccc43)cc21. The van der Waals surface area contributed by atoms with Gasteiger partial charge in [-0.2, -0.15) is 0 Å². The van der Waals surface area contributed by atoms with Gasteiger partial charge in [0.05, 0.1) is 11.4 Å². The first-order valence-corrected chi connectivity index (χ1v) is 19.7. The summed E-state index contributed by atoms with van der Waals surface area (Å²) in [4.78, 5) is 4.82. The monoisotopic (exact) mass is 720 g/mol. The zero-order valence-corrected chi connectivity index (χ0v) is 32.4. The van der Waals surface area contributed by atoms with E-state index < -0.39 is 0 Å². The lowest BCUT2D eigenvalue weighted by Gasteiger charge is -2.43. The van der Waals surface area contributed by atoms with Crippen molar-refractivity contribution in [3.05, 3.63) is 216 Å². The van der Waals surface area contributed by atoms with E-state index in [1.807, 2.05) is 0 Å². The van der Waals surface area contributed by atoms with Crippen LogP contribution in [0.1, 0.15) is 49.9 Å². The van der Waals surface area contributed by atoms with Crippen molar-refractivity contribution in [1.29, 1.82) is 0 Å². The van der Waals surface area contributed by atoms with Crippen molar-refractivity contribution in [3.8, 4) is 33.4 Å². The Bertz CT molecular complexity index is 2690. The highest BCUT2D eigenvalue weighted by molar-refractivity contribution is 5.91. The molecule has 0 fully saturated rings. The molecule has 0 amide bonds. The van der Waals surface area contributed by atoms with E-state index in [1.165, 1.54) is 72.7 Å². The molecule has 0 radical (unpaired) electrons. The van der Waals surface area contributed by atoms with Gasteiger partial charge in [-0.15, -0.1) is 0 Å². The molecule has 2 heteroatoms. The standard InChI is InChI=1S/C54H44N2/c1-53(2)47-23-15-14-22-45(47)46-31-30-44(36-48(46)53)56-51-32-26-39(37-16-8-5-9-17-37)34-49(51)54(3,4)50-35-40(27-33-52(50)56)38-24-28-43(29-25-38)55(41-18-10-6-11-19-41)42-20-12-7-13-21-42/h5-36H,1-4H3. The van der Waals surface area contributed by atoms with Gasteiger partial charge in [0.2, 0.25) is 0 Å². The molecule has 0 spiro atoms. The van der Waals surface area contributed by atoms with Crippen molar-refractivity contribution >= 4 is 34.1 Å². The number of rotatable bonds is 6. The van der Waals surface area contributed by atoms with Crippen LogP contribution in [0.3, 0.4) is 0 Å². The molecule has 8 aromatic rings. The molecule has 0 bridgehead atoms. The number of hydrogen-bond donors (Lipinski definition) is 0. The number of nitrogens with zero attached hydrogens (tertiary/aromatic N) is 2. The smallest absolute Gasteiger partial charge is 0.0503 e. The number of benzene rings is 8. The van der Waals surface area contributed by atoms with Gasteiger partial charge in [0.1, 0.15) is 0 Å². The van der Waals surface area contributed by atoms with Gasteiger partial charge in [-0.25, -0.2) is 0 Å². The van der Waals surface area contributed by atoms with Crippen LogP contribution in [0.25, 0.3) is 33.4 Å². The highest BCUT2D eigenvalue weighted by Crippen LogP contribution is 2.56. The minimum Gasteiger partial charge on any atom is -0.311 e. The third-order valence-electron chi connectivity index (χ3n) is 12.2. The van der Waals surface area contributed by atoms with Crippen LogP contribution in [0.2, 0.25) is 0 Å². The minimum absolute atomic E-state index is 0.0908. The van der Waals surface area contributed by atoms with E-state index in [-0.39, 0.29) is 10.8 Å². The number of para-hydroxylation sites is 2. The van der Waals surface area contributed by atoms with E-state index in [9.17, 15) is 0 Å². The lowest BCUT2D eigenvalue weighted by Crippen LogP contribution is -2.31. The first kappa shape index (κ1) is 33.9. The van der Waals surface area contributed by atoms with Crippen molar-refractivity contribution in [2.45, 2.75) is 38.5 Å². The van der Waals surface area contributed by atoms with Gasteiger partial charge in [-0.05, 0) is 128 Å². The van der Waals surface area contributed by atoms with Gasteiger partial charge in [-0.1, -0.05) is 149 Å². The quantitative estimate of drug-likeness (QED) is 0.169. The molecule has 1 heterocycles. The lowest BCUT2D eigenvalue weighted by molar-refractivity contribution is 0.632. The summed E-state index contributed by atoms with van der Waals surface area (Å²) in [6, 6.07) is 71.2. The van der Waals surface area contributed by atoms with Crippen molar-refractivity contribution in [1.82, 2.24) is 0 Å². The predicted octanol–water partition coefficient (Wildman–Crippen LogP) is 14.9. The van der Waals surface area contributed by atoms with Crippen LogP contribution in [0.4, 0.5) is 34.1 Å². The summed E-state index contributed by atoms with van der Waals surface area (Å²) >= 11 is 0. The van der Waals surface area contributed by atoms with Gasteiger partial charge in [0.25, 0.3) is 0 Å². The second-order valence-corrected chi connectivity index (χ2v) is 16.2. The summed E-state index contributed by atoms with van der Waals surface area (Å²) in [5.41, 5.74) is 19.7. The molecule has 10 rings (SSSR count). The molecule has 0 aromatic heterocycles. The molecule has 270 valence electrons. The van der Waals surface area contributed by atoms with Crippen LogP contribution < -0.4 is 9.80 Å². The molecule has 56 heavy (non-hydrogen) atoms. The maximum absolute atomic E-state index is 2.51. The highest BCUT2D eigenvalue weighted by atomic mass is 15.2. The highest BCUT2D eigenvalue weighted by Gasteiger charge is 2.40. The summed E-state index contributed by atoms with van der Waals surface area (Å²) in [5.74, 6) is 0. The Morgan fingerprint density at radius 3 is 1.38 bits per heavy atom. The second-order valence-electron chi connectivity index (χ2n) is 16.2. The molecule has 8 aromatic carbocycles. The van der Waals surface area contributed by atoms with E-state index in [4.69, 9.17) is 0 Å². The Labute approximate surface area is 331 Å². The first-order valence-electron chi connectivity index (χ1n) is 19.7. The zero-order valence-electron chi connectivity index (χ0n) is 32.4. The Kier molecular flexibility index (Phi) is 7.87. The average molecular weight is 721 g/mol. The number of fused-ring (bicyclic) bond motifs is 5. The van der Waals surface area contributed by atoms with Gasteiger partial charge in [-0.3, -0.25) is 0 Å². The molecule has 2 nitrogen and oxygen atoms in total. The van der Waals surface area contributed by atoms with Gasteiger partial charge in [0.15, 0.2) is 0 Å². The molecule has 0 atom stereocenters. The number of anilines is 6. The fourth-order valence-electron chi connectivity index (χ4n) is 9.24. The fourth-order valence-corrected chi connectivity index (χ4v) is 9.24. The molecule has 0 N–H and O–H groups in total. The van der Waals surface area contributed by atoms with Crippen LogP contribution in [-0.2, 0) is 10.8 Å². The maximum atomic E-state index is 2.51. The predicted molar refractivity (Wildman–Crippen MR) is 236 cm³/mol. The van der Waals surface area contributed by atoms with E-state index >= 15 is 0 Å². The first-order chi connectivity index (χ1) is 27.3. The van der Waals surface area contributed by atoms with Gasteiger partial charge >= 0.3 is 0 Å². The number of hydrogen-bond acceptors (Lipinski definition) is 2. The summed E-state index contributed by atoms with van der Waals surface area (Å²) in [5, 5.41) is 0. The third kappa shape index (κ3) is 5.39. The largest absolute Gasteiger partial charge is 0.311 e. The average Bonchev–Trinajstić information content (AvgIpc) is 3.47. The van der Waals surface area contributed by atoms with Gasteiger partial charge in [0, 0.05) is 33.6 Å². The van der Waals surface area contributed by atoms with Crippen molar-refractivity contribution in [3.63, 3.8) is 0 Å². The molecule has 1 aliphatic carbocycles. The Balaban J connectivity index is 1.10. The summed E-state index contributed by atoms with van der Waals surface area (Å²) < 4.78 is 0. The van der Waals surface area contributed by atoms with Crippen molar-refractivity contribution in [2.75, 3.05) is 9.80 Å². The molecular weight excluding hydrogens is 677 g/mol. The summed E-state index contributed by atoms with van der Waals surface area (Å²) in [6.07, 6.45) is 0. The Morgan fingerprint density at radius 2 is 0.786 bits per heavy atom. The topological polar surface area (TPSA) is 6.48 Å². The molecule has 0 unspecified atom stereocenters. The van der Waals surface area contributed by atoms with Gasteiger partial charge < -0.3 is 9.80 Å². The molecular formula is C54H44N2. The van der Waals surface area contributed by atoms with Crippen LogP contribution in [0, 0.1) is 0 Å². The second kappa shape index (κ2) is 13.0. The Hall–Kier alpha value is -6.64.